The second-order valence-corrected chi connectivity index (χ2v) is 17.1. The zero-order valence-electron chi connectivity index (χ0n) is 31.1. The van der Waals surface area contributed by atoms with Crippen molar-refractivity contribution in [3.8, 4) is 17.0 Å². The maximum Gasteiger partial charge on any atom is 0.407 e. The number of ether oxygens (including phenoxy) is 2. The van der Waals surface area contributed by atoms with Crippen LogP contribution in [0, 0.1) is 5.92 Å². The van der Waals surface area contributed by atoms with Gasteiger partial charge >= 0.3 is 6.09 Å². The molecule has 0 unspecified atom stereocenters. The first kappa shape index (κ1) is 38.3. The normalized spacial score (nSPS) is 25.9. The molecule has 3 aromatic rings. The van der Waals surface area contributed by atoms with E-state index >= 15 is 0 Å². The number of aryl methyl sites for hydroxylation is 1. The van der Waals surface area contributed by atoms with Crippen molar-refractivity contribution in [2.75, 3.05) is 13.2 Å². The van der Waals surface area contributed by atoms with Gasteiger partial charge < -0.3 is 25.0 Å². The fraction of sp³-hybridized carbons (Fsp3) is 0.488. The molecule has 2 aliphatic carbocycles. The Kier molecular flexibility index (Phi) is 11.2. The van der Waals surface area contributed by atoms with Crippen LogP contribution in [0.3, 0.4) is 0 Å². The molecule has 7 rings (SSSR count). The summed E-state index contributed by atoms with van der Waals surface area (Å²) in [6.45, 7) is 5.99. The highest BCUT2D eigenvalue weighted by molar-refractivity contribution is 7.91. The van der Waals surface area contributed by atoms with Gasteiger partial charge in [0.2, 0.25) is 21.8 Å². The average molecular weight is 772 g/mol. The van der Waals surface area contributed by atoms with Crippen molar-refractivity contribution in [3.63, 3.8) is 0 Å². The molecular formula is C41H49N5O8S. The fourth-order valence-corrected chi connectivity index (χ4v) is 9.01. The summed E-state index contributed by atoms with van der Waals surface area (Å²) >= 11 is 0. The molecule has 3 N–H and O–H groups in total. The van der Waals surface area contributed by atoms with Crippen molar-refractivity contribution < 1.29 is 37.1 Å². The minimum Gasteiger partial charge on any atom is -0.488 e. The van der Waals surface area contributed by atoms with Crippen molar-refractivity contribution in [2.24, 2.45) is 5.92 Å². The highest BCUT2D eigenvalue weighted by Gasteiger charge is 2.62. The molecular weight excluding hydrogens is 723 g/mol. The smallest absolute Gasteiger partial charge is 0.407 e. The fourth-order valence-electron chi connectivity index (χ4n) is 7.65. The molecule has 5 atom stereocenters. The molecule has 3 heterocycles. The number of aromatic nitrogens is 1. The third-order valence-electron chi connectivity index (χ3n) is 11.1. The zero-order chi connectivity index (χ0) is 38.7. The predicted octanol–water partition coefficient (Wildman–Crippen LogP) is 4.93. The van der Waals surface area contributed by atoms with Gasteiger partial charge in [-0.05, 0) is 69.1 Å². The van der Waals surface area contributed by atoms with E-state index in [1.54, 1.807) is 0 Å². The molecule has 4 bridgehead atoms. The summed E-state index contributed by atoms with van der Waals surface area (Å²) in [6, 6.07) is 15.7. The van der Waals surface area contributed by atoms with Crippen LogP contribution in [-0.2, 0) is 35.6 Å². The summed E-state index contributed by atoms with van der Waals surface area (Å²) in [5, 5.41) is 5.76. The van der Waals surface area contributed by atoms with Crippen LogP contribution in [0.1, 0.15) is 76.7 Å². The molecule has 0 radical (unpaired) electrons. The minimum absolute atomic E-state index is 0.0145. The summed E-state index contributed by atoms with van der Waals surface area (Å²) in [6.07, 6.45) is 6.22. The van der Waals surface area contributed by atoms with Crippen molar-refractivity contribution in [2.45, 2.75) is 107 Å². The molecule has 13 nitrogen and oxygen atoms in total. The second-order valence-electron chi connectivity index (χ2n) is 15.2. The summed E-state index contributed by atoms with van der Waals surface area (Å²) in [5.41, 5.74) is 1.91. The van der Waals surface area contributed by atoms with Gasteiger partial charge in [-0.2, -0.15) is 0 Å². The standard InChI is InChI=1S/C41H49N5O8S/c1-3-5-15-33-38(48)46-25-29(22-35(46)37(47)44-41(24-28(41)4-2)39(49)45-55(51,52)30-17-18-30)54-36-23-34(27-13-9-6-10-14-27)42-32-19-16-26(21-31(32)36)12-8-7-11-20-53-40(50)43-33/h4,6,9-10,13-14,16,19,21,23,28-30,33,35H,2-3,5,7-8,11-12,15,17-18,20,22,24-25H2,1H3,(H,43,50)(H,44,47)(H,45,49)/t28-,29-,33+,35+,41-/m1/s1. The number of hydrogen-bond acceptors (Lipinski definition) is 9. The number of pyridine rings is 1. The number of unbranched alkanes of at least 4 members (excludes halogenated alkanes) is 1. The summed E-state index contributed by atoms with van der Waals surface area (Å²) in [5.74, 6) is -1.87. The molecule has 1 aromatic heterocycles. The van der Waals surface area contributed by atoms with Crippen LogP contribution in [0.4, 0.5) is 4.79 Å². The van der Waals surface area contributed by atoms with E-state index in [0.29, 0.717) is 43.5 Å². The molecule has 14 heteroatoms. The highest BCUT2D eigenvalue weighted by atomic mass is 32.2. The highest BCUT2D eigenvalue weighted by Crippen LogP contribution is 2.45. The van der Waals surface area contributed by atoms with Gasteiger partial charge in [-0.3, -0.25) is 19.1 Å². The lowest BCUT2D eigenvalue weighted by molar-refractivity contribution is -0.141. The first-order valence-electron chi connectivity index (χ1n) is 19.4. The SMILES string of the molecule is C=C[C@@H]1C[C@]1(NC(=O)[C@@H]1C[C@@H]2CN1C(=O)[C@H](CCCC)NC(=O)OCCCCCc1ccc3nc(-c4ccccc4)cc(c3c1)O2)C(=O)NS(=O)(=O)C1CC1. The average Bonchev–Trinajstić information content (AvgIpc) is 4.11. The lowest BCUT2D eigenvalue weighted by Crippen LogP contribution is -2.58. The number of hydrogen-bond donors (Lipinski definition) is 3. The quantitative estimate of drug-likeness (QED) is 0.242. The van der Waals surface area contributed by atoms with Crippen LogP contribution in [0.5, 0.6) is 5.75 Å². The van der Waals surface area contributed by atoms with E-state index in [1.165, 1.54) is 11.0 Å². The third kappa shape index (κ3) is 8.48. The summed E-state index contributed by atoms with van der Waals surface area (Å²) in [7, 11) is -3.89. The Morgan fingerprint density at radius 2 is 1.89 bits per heavy atom. The number of carbonyl (C=O) groups is 4. The van der Waals surface area contributed by atoms with Crippen LogP contribution in [0.2, 0.25) is 0 Å². The first-order chi connectivity index (χ1) is 26.5. The lowest BCUT2D eigenvalue weighted by atomic mass is 10.0. The number of nitrogens with zero attached hydrogens (tertiary/aromatic N) is 2. The minimum atomic E-state index is -3.89. The Morgan fingerprint density at radius 1 is 1.09 bits per heavy atom. The van der Waals surface area contributed by atoms with Gasteiger partial charge in [-0.15, -0.1) is 6.58 Å². The molecule has 0 spiro atoms. The lowest BCUT2D eigenvalue weighted by Gasteiger charge is -2.29. The number of sulfonamides is 1. The molecule has 2 aromatic carbocycles. The van der Waals surface area contributed by atoms with Gasteiger partial charge in [-0.1, -0.05) is 62.2 Å². The summed E-state index contributed by atoms with van der Waals surface area (Å²) < 4.78 is 39.9. The summed E-state index contributed by atoms with van der Waals surface area (Å²) in [4.78, 5) is 61.8. The number of amides is 4. The van der Waals surface area contributed by atoms with Gasteiger partial charge in [0.25, 0.3) is 5.91 Å². The van der Waals surface area contributed by atoms with Crippen molar-refractivity contribution >= 4 is 44.7 Å². The van der Waals surface area contributed by atoms with Crippen LogP contribution < -0.4 is 20.1 Å². The number of benzene rings is 2. The Bertz CT molecular complexity index is 2070. The van der Waals surface area contributed by atoms with E-state index in [4.69, 9.17) is 14.5 Å². The van der Waals surface area contributed by atoms with E-state index in [-0.39, 0.29) is 26.0 Å². The van der Waals surface area contributed by atoms with Gasteiger partial charge in [0.05, 0.1) is 29.6 Å². The van der Waals surface area contributed by atoms with E-state index in [9.17, 15) is 27.6 Å². The Morgan fingerprint density at radius 3 is 2.62 bits per heavy atom. The van der Waals surface area contributed by atoms with E-state index in [2.05, 4.69) is 34.1 Å². The zero-order valence-corrected chi connectivity index (χ0v) is 31.9. The third-order valence-corrected chi connectivity index (χ3v) is 12.9. The number of rotatable bonds is 10. The maximum absolute atomic E-state index is 14.5. The molecule has 3 fully saturated rings. The molecule has 55 heavy (non-hydrogen) atoms. The Balaban J connectivity index is 1.24. The van der Waals surface area contributed by atoms with Crippen LogP contribution in [0.25, 0.3) is 22.2 Å². The predicted molar refractivity (Wildman–Crippen MR) is 206 cm³/mol. The van der Waals surface area contributed by atoms with Crippen LogP contribution in [0.15, 0.2) is 67.3 Å². The van der Waals surface area contributed by atoms with Gasteiger partial charge in [0.1, 0.15) is 29.5 Å². The largest absolute Gasteiger partial charge is 0.488 e. The number of carbonyl (C=O) groups excluding carboxylic acids is 4. The Hall–Kier alpha value is -4.98. The van der Waals surface area contributed by atoms with Crippen LogP contribution >= 0.6 is 0 Å². The molecule has 292 valence electrons. The molecule has 2 saturated carbocycles. The molecule has 4 amide bonds. The van der Waals surface area contributed by atoms with Gasteiger partial charge in [-0.25, -0.2) is 18.2 Å². The van der Waals surface area contributed by atoms with Gasteiger partial charge in [0, 0.05) is 29.4 Å². The van der Waals surface area contributed by atoms with Crippen molar-refractivity contribution in [3.05, 3.63) is 72.8 Å². The Labute approximate surface area is 321 Å². The first-order valence-corrected chi connectivity index (χ1v) is 21.0. The topological polar surface area (TPSA) is 173 Å². The van der Waals surface area contributed by atoms with Gasteiger partial charge in [0.15, 0.2) is 0 Å². The maximum atomic E-state index is 14.5. The van der Waals surface area contributed by atoms with E-state index in [0.717, 1.165) is 47.7 Å². The molecule has 1 saturated heterocycles. The van der Waals surface area contributed by atoms with E-state index in [1.807, 2.05) is 49.4 Å². The second kappa shape index (κ2) is 16.0. The number of alkyl carbamates (subject to hydrolysis) is 1. The van der Waals surface area contributed by atoms with Crippen LogP contribution in [-0.4, -0.2) is 84.2 Å². The number of cyclic esters (lactones) is 1. The molecule has 2 aliphatic heterocycles. The van der Waals surface area contributed by atoms with Crippen molar-refractivity contribution in [1.82, 2.24) is 25.2 Å². The number of fused-ring (bicyclic) bond motifs is 3. The molecule has 4 aliphatic rings. The van der Waals surface area contributed by atoms with Crippen molar-refractivity contribution in [1.29, 1.82) is 0 Å². The number of nitrogens with one attached hydrogen (secondary N) is 3. The monoisotopic (exact) mass is 771 g/mol. The van der Waals surface area contributed by atoms with E-state index < -0.39 is 68.7 Å².